The summed E-state index contributed by atoms with van der Waals surface area (Å²) in [5, 5.41) is 0. The van der Waals surface area contributed by atoms with Crippen LogP contribution in [0.4, 0.5) is 0 Å². The smallest absolute Gasteiger partial charge is 0.208 e. The second kappa shape index (κ2) is 6.16. The van der Waals surface area contributed by atoms with E-state index in [0.717, 1.165) is 30.4 Å². The number of benzene rings is 1. The van der Waals surface area contributed by atoms with Gasteiger partial charge < -0.3 is 0 Å². The fourth-order valence-corrected chi connectivity index (χ4v) is 5.33. The van der Waals surface area contributed by atoms with Gasteiger partial charge in [0.25, 0.3) is 0 Å². The van der Waals surface area contributed by atoms with Crippen LogP contribution in [-0.4, -0.2) is 14.5 Å². The molecule has 2 rings (SSSR count). The van der Waals surface area contributed by atoms with Crippen LogP contribution in [0.25, 0.3) is 0 Å². The molecule has 20 heavy (non-hydrogen) atoms. The zero-order valence-electron chi connectivity index (χ0n) is 12.2. The summed E-state index contributed by atoms with van der Waals surface area (Å²) in [5.41, 5.74) is 2.08. The van der Waals surface area contributed by atoms with Crippen molar-refractivity contribution in [1.29, 1.82) is 0 Å². The van der Waals surface area contributed by atoms with Crippen LogP contribution < -0.4 is 4.72 Å². The summed E-state index contributed by atoms with van der Waals surface area (Å²) < 4.78 is 28.7. The van der Waals surface area contributed by atoms with Crippen LogP contribution in [0.1, 0.15) is 43.7 Å². The Morgan fingerprint density at radius 1 is 1.15 bits per heavy atom. The lowest BCUT2D eigenvalue weighted by Crippen LogP contribution is -2.41. The molecule has 3 nitrogen and oxygen atoms in total. The molecular formula is C15H22BrNO2S. The summed E-state index contributed by atoms with van der Waals surface area (Å²) >= 11 is 3.38. The Balaban J connectivity index is 2.28. The van der Waals surface area contributed by atoms with E-state index in [4.69, 9.17) is 0 Å². The highest BCUT2D eigenvalue weighted by molar-refractivity contribution is 9.10. The Morgan fingerprint density at radius 2 is 1.75 bits per heavy atom. The molecule has 0 bridgehead atoms. The molecule has 1 aliphatic carbocycles. The highest BCUT2D eigenvalue weighted by Gasteiger charge is 2.28. The van der Waals surface area contributed by atoms with Crippen molar-refractivity contribution in [2.24, 2.45) is 5.92 Å². The second-order valence-corrected chi connectivity index (χ2v) is 8.39. The molecule has 0 aliphatic heterocycles. The summed E-state index contributed by atoms with van der Waals surface area (Å²) in [6.07, 6.45) is 4.34. The van der Waals surface area contributed by atoms with E-state index in [2.05, 4.69) is 27.6 Å². The summed E-state index contributed by atoms with van der Waals surface area (Å²) in [4.78, 5) is 0.346. The topological polar surface area (TPSA) is 46.2 Å². The van der Waals surface area contributed by atoms with E-state index in [9.17, 15) is 8.42 Å². The molecule has 2 atom stereocenters. The van der Waals surface area contributed by atoms with Gasteiger partial charge in [0.15, 0.2) is 0 Å². The normalized spacial score (nSPS) is 23.8. The van der Waals surface area contributed by atoms with Gasteiger partial charge in [0.1, 0.15) is 0 Å². The zero-order valence-corrected chi connectivity index (χ0v) is 14.6. The van der Waals surface area contributed by atoms with Gasteiger partial charge in [-0.05, 0) is 71.8 Å². The molecule has 1 aliphatic rings. The molecule has 112 valence electrons. The first-order chi connectivity index (χ1) is 9.31. The number of rotatable bonds is 3. The van der Waals surface area contributed by atoms with Crippen LogP contribution in [0.15, 0.2) is 21.5 Å². The van der Waals surface area contributed by atoms with Crippen molar-refractivity contribution in [1.82, 2.24) is 4.72 Å². The lowest BCUT2D eigenvalue weighted by atomic mass is 9.87. The Morgan fingerprint density at radius 3 is 2.40 bits per heavy atom. The van der Waals surface area contributed by atoms with Crippen LogP contribution in [0.3, 0.4) is 0 Å². The molecule has 5 heteroatoms. The fraction of sp³-hybridized carbons (Fsp3) is 0.600. The number of sulfonamides is 1. The molecule has 1 saturated carbocycles. The SMILES string of the molecule is Cc1cc(Br)c(S(=O)(=O)N[C@H]2CCCC[C@H]2C)cc1C. The Kier molecular flexibility index (Phi) is 4.92. The fourth-order valence-electron chi connectivity index (χ4n) is 2.71. The van der Waals surface area contributed by atoms with E-state index >= 15 is 0 Å². The molecule has 0 amide bonds. The minimum absolute atomic E-state index is 0.0576. The average molecular weight is 360 g/mol. The molecule has 0 radical (unpaired) electrons. The second-order valence-electron chi connectivity index (χ2n) is 5.86. The maximum Gasteiger partial charge on any atom is 0.241 e. The lowest BCUT2D eigenvalue weighted by Gasteiger charge is -2.29. The van der Waals surface area contributed by atoms with Crippen LogP contribution in [-0.2, 0) is 10.0 Å². The molecule has 0 aromatic heterocycles. The summed E-state index contributed by atoms with van der Waals surface area (Å²) in [5.74, 6) is 0.406. The van der Waals surface area contributed by atoms with Gasteiger partial charge in [-0.2, -0.15) is 0 Å². The van der Waals surface area contributed by atoms with Gasteiger partial charge >= 0.3 is 0 Å². The third-order valence-corrected chi connectivity index (χ3v) is 6.70. The Labute approximate surface area is 130 Å². The third-order valence-electron chi connectivity index (χ3n) is 4.26. The predicted octanol–water partition coefficient (Wildman–Crippen LogP) is 3.92. The van der Waals surface area contributed by atoms with Crippen LogP contribution in [0.5, 0.6) is 0 Å². The molecule has 0 spiro atoms. The maximum absolute atomic E-state index is 12.6. The van der Waals surface area contributed by atoms with Crippen molar-refractivity contribution >= 4 is 26.0 Å². The van der Waals surface area contributed by atoms with Crippen molar-refractivity contribution < 1.29 is 8.42 Å². The van der Waals surface area contributed by atoms with Gasteiger partial charge in [-0.1, -0.05) is 19.8 Å². The van der Waals surface area contributed by atoms with E-state index in [0.29, 0.717) is 15.3 Å². The molecule has 0 heterocycles. The Bertz CT molecular complexity index is 598. The van der Waals surface area contributed by atoms with Gasteiger partial charge in [0, 0.05) is 10.5 Å². The number of halogens is 1. The first-order valence-electron chi connectivity index (χ1n) is 7.10. The number of hydrogen-bond donors (Lipinski definition) is 1. The van der Waals surface area contributed by atoms with Crippen molar-refractivity contribution in [2.75, 3.05) is 0 Å². The first-order valence-corrected chi connectivity index (χ1v) is 9.38. The average Bonchev–Trinajstić information content (AvgIpc) is 2.36. The highest BCUT2D eigenvalue weighted by Crippen LogP contribution is 2.29. The van der Waals surface area contributed by atoms with Crippen LogP contribution in [0.2, 0.25) is 0 Å². The minimum Gasteiger partial charge on any atom is -0.208 e. The van der Waals surface area contributed by atoms with Crippen molar-refractivity contribution in [3.05, 3.63) is 27.7 Å². The Hall–Kier alpha value is -0.390. The number of aryl methyl sites for hydroxylation is 2. The van der Waals surface area contributed by atoms with Gasteiger partial charge in [0.2, 0.25) is 10.0 Å². The van der Waals surface area contributed by atoms with Gasteiger partial charge in [-0.3, -0.25) is 0 Å². The van der Waals surface area contributed by atoms with E-state index < -0.39 is 10.0 Å². The maximum atomic E-state index is 12.6. The highest BCUT2D eigenvalue weighted by atomic mass is 79.9. The predicted molar refractivity (Wildman–Crippen MR) is 85.4 cm³/mol. The van der Waals surface area contributed by atoms with E-state index in [1.165, 1.54) is 6.42 Å². The summed E-state index contributed by atoms with van der Waals surface area (Å²) in [6.45, 7) is 6.04. The third kappa shape index (κ3) is 3.43. The van der Waals surface area contributed by atoms with Crippen molar-refractivity contribution in [2.45, 2.75) is 57.4 Å². The van der Waals surface area contributed by atoms with E-state index in [1.54, 1.807) is 6.07 Å². The van der Waals surface area contributed by atoms with E-state index in [-0.39, 0.29) is 6.04 Å². The first kappa shape index (κ1) is 16.0. The van der Waals surface area contributed by atoms with Crippen LogP contribution in [0, 0.1) is 19.8 Å². The molecular weight excluding hydrogens is 338 g/mol. The largest absolute Gasteiger partial charge is 0.241 e. The van der Waals surface area contributed by atoms with E-state index in [1.807, 2.05) is 19.9 Å². The zero-order chi connectivity index (χ0) is 14.9. The molecule has 1 aromatic rings. The number of nitrogens with one attached hydrogen (secondary N) is 1. The minimum atomic E-state index is -3.46. The quantitative estimate of drug-likeness (QED) is 0.888. The van der Waals surface area contributed by atoms with Gasteiger partial charge in [0.05, 0.1) is 4.90 Å². The standard InChI is InChI=1S/C15H22BrNO2S/c1-10-6-4-5-7-14(10)17-20(18,19)15-9-12(3)11(2)8-13(15)16/h8-10,14,17H,4-7H2,1-3H3/t10-,14+/m1/s1. The van der Waals surface area contributed by atoms with Gasteiger partial charge in [-0.25, -0.2) is 13.1 Å². The molecule has 0 unspecified atom stereocenters. The van der Waals surface area contributed by atoms with Gasteiger partial charge in [-0.15, -0.1) is 0 Å². The molecule has 1 N–H and O–H groups in total. The summed E-state index contributed by atoms with van der Waals surface area (Å²) in [6, 6.07) is 3.67. The summed E-state index contributed by atoms with van der Waals surface area (Å²) in [7, 11) is -3.46. The molecule has 0 saturated heterocycles. The molecule has 1 aromatic carbocycles. The molecule has 1 fully saturated rings. The van der Waals surface area contributed by atoms with Crippen LogP contribution >= 0.6 is 15.9 Å². The monoisotopic (exact) mass is 359 g/mol. The number of hydrogen-bond acceptors (Lipinski definition) is 2. The van der Waals surface area contributed by atoms with Crippen molar-refractivity contribution in [3.8, 4) is 0 Å². The lowest BCUT2D eigenvalue weighted by molar-refractivity contribution is 0.310. The van der Waals surface area contributed by atoms with Crippen molar-refractivity contribution in [3.63, 3.8) is 0 Å².